The molecule has 0 aromatic rings. The van der Waals surface area contributed by atoms with Crippen molar-refractivity contribution in [3.63, 3.8) is 0 Å². The molecule has 0 aromatic heterocycles. The first-order chi connectivity index (χ1) is 5.11. The zero-order valence-corrected chi connectivity index (χ0v) is 5.78. The molecule has 1 heterocycles. The van der Waals surface area contributed by atoms with Gasteiger partial charge in [0.1, 0.15) is 0 Å². The molecular weight excluding hydrogens is 150 g/mol. The lowest BCUT2D eigenvalue weighted by Crippen LogP contribution is -2.46. The second-order valence-electron chi connectivity index (χ2n) is 2.52. The van der Waals surface area contributed by atoms with Crippen LogP contribution >= 0.6 is 0 Å². The summed E-state index contributed by atoms with van der Waals surface area (Å²) in [4.78, 5) is 21.0. The number of amides is 1. The average Bonchev–Trinajstić information content (AvgIpc) is 1.94. The Hall–Kier alpha value is -1.10. The van der Waals surface area contributed by atoms with Crippen molar-refractivity contribution in [3.8, 4) is 0 Å². The normalized spacial score (nSPS) is 31.2. The van der Waals surface area contributed by atoms with Gasteiger partial charge in [0.05, 0.1) is 12.0 Å². The van der Waals surface area contributed by atoms with Crippen LogP contribution in [0, 0.1) is 5.92 Å². The number of hydrogen-bond acceptors (Lipinski definition) is 3. The summed E-state index contributed by atoms with van der Waals surface area (Å²) in [5, 5.41) is 19.9. The maximum Gasteiger partial charge on any atom is 0.309 e. The van der Waals surface area contributed by atoms with E-state index in [4.69, 9.17) is 10.2 Å². The third-order valence-electron chi connectivity index (χ3n) is 1.70. The number of hydrogen-bond donors (Lipinski definition) is 3. The van der Waals surface area contributed by atoms with Crippen molar-refractivity contribution in [1.29, 1.82) is 0 Å². The van der Waals surface area contributed by atoms with Crippen LogP contribution in [-0.4, -0.2) is 34.7 Å². The second-order valence-corrected chi connectivity index (χ2v) is 2.52. The summed E-state index contributed by atoms with van der Waals surface area (Å²) in [6.07, 6.45) is -1.08. The topological polar surface area (TPSA) is 86.6 Å². The van der Waals surface area contributed by atoms with Crippen LogP contribution in [0.1, 0.15) is 6.42 Å². The highest BCUT2D eigenvalue weighted by atomic mass is 16.4. The van der Waals surface area contributed by atoms with Gasteiger partial charge in [0, 0.05) is 13.0 Å². The van der Waals surface area contributed by atoms with Crippen molar-refractivity contribution in [2.45, 2.75) is 12.5 Å². The molecule has 0 spiro atoms. The van der Waals surface area contributed by atoms with Crippen molar-refractivity contribution in [2.75, 3.05) is 6.54 Å². The summed E-state index contributed by atoms with van der Waals surface area (Å²) in [5.41, 5.74) is 0. The molecule has 2 atom stereocenters. The lowest BCUT2D eigenvalue weighted by molar-refractivity contribution is -0.150. The first-order valence-corrected chi connectivity index (χ1v) is 3.29. The fraction of sp³-hybridized carbons (Fsp3) is 0.667. The first kappa shape index (κ1) is 8.00. The van der Waals surface area contributed by atoms with E-state index in [1.165, 1.54) is 0 Å². The van der Waals surface area contributed by atoms with Crippen LogP contribution in [0.15, 0.2) is 0 Å². The maximum absolute atomic E-state index is 10.6. The van der Waals surface area contributed by atoms with Crippen molar-refractivity contribution < 1.29 is 19.8 Å². The van der Waals surface area contributed by atoms with Gasteiger partial charge in [-0.05, 0) is 0 Å². The fourth-order valence-electron chi connectivity index (χ4n) is 1.02. The molecule has 11 heavy (non-hydrogen) atoms. The van der Waals surface area contributed by atoms with Gasteiger partial charge in [-0.3, -0.25) is 9.59 Å². The SMILES string of the molecule is O=C1CC(C(=O)O)C(O)CN1. The molecule has 0 saturated carbocycles. The molecule has 1 saturated heterocycles. The van der Waals surface area contributed by atoms with Crippen molar-refractivity contribution in [3.05, 3.63) is 0 Å². The van der Waals surface area contributed by atoms with E-state index in [1.54, 1.807) is 0 Å². The summed E-state index contributed by atoms with van der Waals surface area (Å²) in [6.45, 7) is 0.0375. The molecule has 3 N–H and O–H groups in total. The molecule has 2 unspecified atom stereocenters. The number of aliphatic hydroxyl groups excluding tert-OH is 1. The first-order valence-electron chi connectivity index (χ1n) is 3.29. The van der Waals surface area contributed by atoms with Crippen molar-refractivity contribution in [2.24, 2.45) is 5.92 Å². The Balaban J connectivity index is 2.61. The van der Waals surface area contributed by atoms with E-state index >= 15 is 0 Å². The highest BCUT2D eigenvalue weighted by Crippen LogP contribution is 2.12. The van der Waals surface area contributed by atoms with Gasteiger partial charge < -0.3 is 15.5 Å². The maximum atomic E-state index is 10.6. The molecule has 1 fully saturated rings. The Morgan fingerprint density at radius 2 is 2.27 bits per heavy atom. The second kappa shape index (κ2) is 2.87. The molecule has 1 aliphatic heterocycles. The van der Waals surface area contributed by atoms with Crippen LogP contribution < -0.4 is 5.32 Å². The number of piperidine rings is 1. The van der Waals surface area contributed by atoms with E-state index < -0.39 is 18.0 Å². The standard InChI is InChI=1S/C6H9NO4/c8-4-2-7-5(9)1-3(4)6(10)11/h3-4,8H,1-2H2,(H,7,9)(H,10,11). The van der Waals surface area contributed by atoms with Crippen LogP contribution in [0.2, 0.25) is 0 Å². The van der Waals surface area contributed by atoms with E-state index in [9.17, 15) is 9.59 Å². The van der Waals surface area contributed by atoms with Crippen LogP contribution in [0.25, 0.3) is 0 Å². The van der Waals surface area contributed by atoms with Crippen LogP contribution in [-0.2, 0) is 9.59 Å². The third kappa shape index (κ3) is 1.68. The molecule has 62 valence electrons. The number of carbonyl (C=O) groups excluding carboxylic acids is 1. The highest BCUT2D eigenvalue weighted by Gasteiger charge is 2.32. The summed E-state index contributed by atoms with van der Waals surface area (Å²) in [7, 11) is 0. The Labute approximate surface area is 63.0 Å². The van der Waals surface area contributed by atoms with Gasteiger partial charge >= 0.3 is 5.97 Å². The predicted octanol–water partition coefficient (Wildman–Crippen LogP) is -1.43. The smallest absolute Gasteiger partial charge is 0.309 e. The largest absolute Gasteiger partial charge is 0.481 e. The zero-order chi connectivity index (χ0) is 8.43. The van der Waals surface area contributed by atoms with Crippen molar-refractivity contribution in [1.82, 2.24) is 5.32 Å². The summed E-state index contributed by atoms with van der Waals surface area (Å²) in [6, 6.07) is 0. The van der Waals surface area contributed by atoms with Gasteiger partial charge in [-0.25, -0.2) is 0 Å². The predicted molar refractivity (Wildman–Crippen MR) is 34.8 cm³/mol. The van der Waals surface area contributed by atoms with Gasteiger partial charge in [0.15, 0.2) is 0 Å². The number of rotatable bonds is 1. The quantitative estimate of drug-likeness (QED) is 0.437. The van der Waals surface area contributed by atoms with E-state index in [0.29, 0.717) is 0 Å². The summed E-state index contributed by atoms with van der Waals surface area (Å²) >= 11 is 0. The van der Waals surface area contributed by atoms with Gasteiger partial charge in [0.2, 0.25) is 5.91 Å². The number of β-amino-alcohol motifs (C(OH)–C–C–N with tert-alkyl or cyclic N) is 1. The molecule has 0 aliphatic carbocycles. The van der Waals surface area contributed by atoms with Crippen LogP contribution in [0.5, 0.6) is 0 Å². The van der Waals surface area contributed by atoms with Crippen LogP contribution in [0.4, 0.5) is 0 Å². The number of carbonyl (C=O) groups is 2. The number of carboxylic acid groups (broad SMARTS) is 1. The molecule has 0 radical (unpaired) electrons. The zero-order valence-electron chi connectivity index (χ0n) is 5.78. The Morgan fingerprint density at radius 1 is 1.64 bits per heavy atom. The number of aliphatic carboxylic acids is 1. The Morgan fingerprint density at radius 3 is 2.73 bits per heavy atom. The lowest BCUT2D eigenvalue weighted by atomic mass is 9.95. The van der Waals surface area contributed by atoms with Crippen molar-refractivity contribution >= 4 is 11.9 Å². The molecule has 5 nitrogen and oxygen atoms in total. The minimum Gasteiger partial charge on any atom is -0.481 e. The van der Waals surface area contributed by atoms with Crippen LogP contribution in [0.3, 0.4) is 0 Å². The van der Waals surface area contributed by atoms with E-state index in [0.717, 1.165) is 0 Å². The summed E-state index contributed by atoms with van der Waals surface area (Å²) in [5.74, 6) is -2.38. The van der Waals surface area contributed by atoms with Gasteiger partial charge in [-0.15, -0.1) is 0 Å². The van der Waals surface area contributed by atoms with Gasteiger partial charge in [-0.1, -0.05) is 0 Å². The highest BCUT2D eigenvalue weighted by molar-refractivity contribution is 5.84. The fourth-order valence-corrected chi connectivity index (χ4v) is 1.02. The molecule has 5 heteroatoms. The molecular formula is C6H9NO4. The number of aliphatic hydroxyl groups is 1. The number of nitrogens with one attached hydrogen (secondary N) is 1. The van der Waals surface area contributed by atoms with Gasteiger partial charge in [0.25, 0.3) is 0 Å². The monoisotopic (exact) mass is 159 g/mol. The summed E-state index contributed by atoms with van der Waals surface area (Å²) < 4.78 is 0. The lowest BCUT2D eigenvalue weighted by Gasteiger charge is -2.23. The molecule has 1 amide bonds. The molecule has 0 aromatic carbocycles. The van der Waals surface area contributed by atoms with E-state index in [2.05, 4.69) is 5.32 Å². The minimum atomic E-state index is -1.12. The molecule has 1 aliphatic rings. The Bertz CT molecular complexity index is 191. The van der Waals surface area contributed by atoms with E-state index in [1.807, 2.05) is 0 Å². The number of carboxylic acids is 1. The molecule has 0 bridgehead atoms. The molecule has 1 rings (SSSR count). The van der Waals surface area contributed by atoms with Gasteiger partial charge in [-0.2, -0.15) is 0 Å². The third-order valence-corrected chi connectivity index (χ3v) is 1.70. The van der Waals surface area contributed by atoms with E-state index in [-0.39, 0.29) is 18.9 Å². The minimum absolute atomic E-state index is 0.0375. The Kier molecular flexibility index (Phi) is 2.09. The average molecular weight is 159 g/mol.